The number of carbonyl (C=O) groups is 1. The summed E-state index contributed by atoms with van der Waals surface area (Å²) in [7, 11) is 0. The highest BCUT2D eigenvalue weighted by Gasteiger charge is 2.36. The number of hydrogen-bond donors (Lipinski definition) is 2. The summed E-state index contributed by atoms with van der Waals surface area (Å²) in [5.41, 5.74) is 6.96. The minimum Gasteiger partial charge on any atom is -0.334 e. The maximum Gasteiger partial charge on any atom is 0.260 e. The van der Waals surface area contributed by atoms with Gasteiger partial charge in [0.05, 0.1) is 21.7 Å². The fraction of sp³-hybridized carbons (Fsp3) is 0.278. The molecule has 1 amide bonds. The Kier molecular flexibility index (Phi) is 4.52. The minimum atomic E-state index is -0.515. The van der Waals surface area contributed by atoms with Crippen molar-refractivity contribution in [2.75, 3.05) is 5.32 Å². The molecule has 1 aliphatic rings. The van der Waals surface area contributed by atoms with Gasteiger partial charge in [-0.2, -0.15) is 4.98 Å². The van der Waals surface area contributed by atoms with Crippen LogP contribution in [0, 0.1) is 0 Å². The normalized spacial score (nSPS) is 15.9. The molecule has 1 saturated carbocycles. The number of nitrogens with one attached hydrogen (secondary N) is 1. The standard InChI is InChI=1S/C18H17ClN4O2S/c19-13-6-2-1-5-11(13)14(24)21-16-12(7-10-26-16)15-22-17(23-25-15)18(20)8-3-4-9-18/h1-2,5-7,10H,3-4,8-9,20H2,(H,21,24). The van der Waals surface area contributed by atoms with Gasteiger partial charge in [-0.05, 0) is 36.4 Å². The van der Waals surface area contributed by atoms with Crippen LogP contribution in [0.1, 0.15) is 41.9 Å². The van der Waals surface area contributed by atoms with E-state index >= 15 is 0 Å². The number of nitrogens with zero attached hydrogens (tertiary/aromatic N) is 2. The quantitative estimate of drug-likeness (QED) is 0.689. The van der Waals surface area contributed by atoms with Gasteiger partial charge in [0.1, 0.15) is 5.00 Å². The number of benzene rings is 1. The summed E-state index contributed by atoms with van der Waals surface area (Å²) >= 11 is 7.48. The van der Waals surface area contributed by atoms with E-state index in [-0.39, 0.29) is 5.91 Å². The Hall–Kier alpha value is -2.22. The number of anilines is 1. The monoisotopic (exact) mass is 388 g/mol. The predicted molar refractivity (Wildman–Crippen MR) is 101 cm³/mol. The van der Waals surface area contributed by atoms with Crippen molar-refractivity contribution in [1.29, 1.82) is 0 Å². The van der Waals surface area contributed by atoms with E-state index in [4.69, 9.17) is 21.9 Å². The molecule has 8 heteroatoms. The molecule has 0 spiro atoms. The Balaban J connectivity index is 1.59. The zero-order valence-corrected chi connectivity index (χ0v) is 15.4. The summed E-state index contributed by atoms with van der Waals surface area (Å²) in [4.78, 5) is 17.0. The first-order chi connectivity index (χ1) is 12.6. The SMILES string of the molecule is NC1(c2noc(-c3ccsc3NC(=O)c3ccccc3Cl)n2)CCCC1. The smallest absolute Gasteiger partial charge is 0.260 e. The van der Waals surface area contributed by atoms with Gasteiger partial charge in [-0.1, -0.05) is 41.7 Å². The Morgan fingerprint density at radius 1 is 1.27 bits per heavy atom. The van der Waals surface area contributed by atoms with E-state index in [1.54, 1.807) is 24.3 Å². The van der Waals surface area contributed by atoms with Gasteiger partial charge in [-0.25, -0.2) is 0 Å². The predicted octanol–water partition coefficient (Wildman–Crippen LogP) is 4.43. The van der Waals surface area contributed by atoms with Gasteiger partial charge in [-0.15, -0.1) is 11.3 Å². The summed E-state index contributed by atoms with van der Waals surface area (Å²) in [5, 5.41) is 9.83. The van der Waals surface area contributed by atoms with Crippen LogP contribution in [0.15, 0.2) is 40.2 Å². The lowest BCUT2D eigenvalue weighted by molar-refractivity contribution is 0.102. The zero-order valence-electron chi connectivity index (χ0n) is 13.9. The highest BCUT2D eigenvalue weighted by molar-refractivity contribution is 7.15. The van der Waals surface area contributed by atoms with Gasteiger partial charge in [0.2, 0.25) is 0 Å². The fourth-order valence-corrected chi connectivity index (χ4v) is 4.15. The third-order valence-electron chi connectivity index (χ3n) is 4.61. The highest BCUT2D eigenvalue weighted by atomic mass is 35.5. The zero-order chi connectivity index (χ0) is 18.1. The maximum atomic E-state index is 12.5. The summed E-state index contributed by atoms with van der Waals surface area (Å²) in [5.74, 6) is 0.595. The third kappa shape index (κ3) is 3.13. The van der Waals surface area contributed by atoms with Gasteiger partial charge < -0.3 is 15.6 Å². The molecule has 3 N–H and O–H groups in total. The summed E-state index contributed by atoms with van der Waals surface area (Å²) < 4.78 is 5.43. The third-order valence-corrected chi connectivity index (χ3v) is 5.77. The fourth-order valence-electron chi connectivity index (χ4n) is 3.15. The van der Waals surface area contributed by atoms with Gasteiger partial charge in [0.25, 0.3) is 11.8 Å². The molecule has 0 radical (unpaired) electrons. The number of aromatic nitrogens is 2. The van der Waals surface area contributed by atoms with Crippen molar-refractivity contribution in [1.82, 2.24) is 10.1 Å². The van der Waals surface area contributed by atoms with E-state index in [2.05, 4.69) is 15.5 Å². The van der Waals surface area contributed by atoms with Gasteiger partial charge >= 0.3 is 0 Å². The highest BCUT2D eigenvalue weighted by Crippen LogP contribution is 2.37. The number of carbonyl (C=O) groups excluding carboxylic acids is 1. The number of thiophene rings is 1. The Morgan fingerprint density at radius 3 is 2.81 bits per heavy atom. The first kappa shape index (κ1) is 17.2. The Labute approximate surface area is 159 Å². The largest absolute Gasteiger partial charge is 0.334 e. The van der Waals surface area contributed by atoms with Crippen LogP contribution < -0.4 is 11.1 Å². The lowest BCUT2D eigenvalue weighted by Gasteiger charge is -2.17. The molecular weight excluding hydrogens is 372 g/mol. The first-order valence-electron chi connectivity index (χ1n) is 8.34. The number of amides is 1. The van der Waals surface area contributed by atoms with Crippen LogP contribution >= 0.6 is 22.9 Å². The van der Waals surface area contributed by atoms with Crippen molar-refractivity contribution >= 4 is 33.8 Å². The van der Waals surface area contributed by atoms with Crippen molar-refractivity contribution in [3.05, 3.63) is 52.1 Å². The molecule has 26 heavy (non-hydrogen) atoms. The molecule has 134 valence electrons. The van der Waals surface area contributed by atoms with Crippen molar-refractivity contribution in [2.45, 2.75) is 31.2 Å². The van der Waals surface area contributed by atoms with Gasteiger partial charge in [0.15, 0.2) is 5.82 Å². The van der Waals surface area contributed by atoms with E-state index in [1.807, 2.05) is 11.4 Å². The van der Waals surface area contributed by atoms with Gasteiger partial charge in [0, 0.05) is 0 Å². The Morgan fingerprint density at radius 2 is 2.04 bits per heavy atom. The summed E-state index contributed by atoms with van der Waals surface area (Å²) in [6.07, 6.45) is 3.84. The van der Waals surface area contributed by atoms with E-state index < -0.39 is 5.54 Å². The van der Waals surface area contributed by atoms with E-state index in [0.717, 1.165) is 25.7 Å². The molecule has 6 nitrogen and oxygen atoms in total. The Bertz CT molecular complexity index is 946. The molecule has 4 rings (SSSR count). The van der Waals surface area contributed by atoms with Crippen LogP contribution in [0.5, 0.6) is 0 Å². The lowest BCUT2D eigenvalue weighted by atomic mass is 9.99. The van der Waals surface area contributed by atoms with Crippen molar-refractivity contribution in [3.63, 3.8) is 0 Å². The molecule has 2 aromatic heterocycles. The molecule has 0 bridgehead atoms. The second kappa shape index (κ2) is 6.83. The molecule has 1 fully saturated rings. The van der Waals surface area contributed by atoms with Crippen LogP contribution in [0.3, 0.4) is 0 Å². The summed E-state index contributed by atoms with van der Waals surface area (Å²) in [6, 6.07) is 8.73. The van der Waals surface area contributed by atoms with Crippen LogP contribution in [-0.2, 0) is 5.54 Å². The number of nitrogens with two attached hydrogens (primary N) is 1. The average Bonchev–Trinajstić information content (AvgIpc) is 3.35. The molecule has 0 aliphatic heterocycles. The van der Waals surface area contributed by atoms with E-state index in [1.165, 1.54) is 11.3 Å². The molecule has 1 aliphatic carbocycles. The van der Waals surface area contributed by atoms with Crippen LogP contribution in [0.4, 0.5) is 5.00 Å². The molecule has 0 saturated heterocycles. The number of hydrogen-bond acceptors (Lipinski definition) is 6. The molecular formula is C18H17ClN4O2S. The van der Waals surface area contributed by atoms with E-state index in [0.29, 0.717) is 32.9 Å². The second-order valence-corrected chi connectivity index (χ2v) is 7.71. The summed E-state index contributed by atoms with van der Waals surface area (Å²) in [6.45, 7) is 0. The van der Waals surface area contributed by atoms with Gasteiger partial charge in [-0.3, -0.25) is 4.79 Å². The van der Waals surface area contributed by atoms with Crippen LogP contribution in [-0.4, -0.2) is 16.0 Å². The minimum absolute atomic E-state index is 0.287. The maximum absolute atomic E-state index is 12.5. The second-order valence-electron chi connectivity index (χ2n) is 6.38. The molecule has 0 atom stereocenters. The van der Waals surface area contributed by atoms with E-state index in [9.17, 15) is 4.79 Å². The van der Waals surface area contributed by atoms with Crippen molar-refractivity contribution in [3.8, 4) is 11.5 Å². The number of halogens is 1. The van der Waals surface area contributed by atoms with Crippen molar-refractivity contribution < 1.29 is 9.32 Å². The molecule has 3 aromatic rings. The lowest BCUT2D eigenvalue weighted by Crippen LogP contribution is -2.34. The van der Waals surface area contributed by atoms with Crippen LogP contribution in [0.25, 0.3) is 11.5 Å². The first-order valence-corrected chi connectivity index (χ1v) is 9.59. The molecule has 2 heterocycles. The topological polar surface area (TPSA) is 94.0 Å². The van der Waals surface area contributed by atoms with Crippen molar-refractivity contribution in [2.24, 2.45) is 5.73 Å². The number of rotatable bonds is 4. The average molecular weight is 389 g/mol. The molecule has 0 unspecified atom stereocenters. The van der Waals surface area contributed by atoms with Crippen LogP contribution in [0.2, 0.25) is 5.02 Å². The molecule has 1 aromatic carbocycles.